The van der Waals surface area contributed by atoms with Gasteiger partial charge >= 0.3 is 5.97 Å². The Kier molecular flexibility index (Phi) is 7.07. The van der Waals surface area contributed by atoms with Gasteiger partial charge in [-0.25, -0.2) is 4.79 Å². The van der Waals surface area contributed by atoms with E-state index < -0.39 is 5.97 Å². The number of pyridine rings is 1. The molecule has 2 aromatic carbocycles. The summed E-state index contributed by atoms with van der Waals surface area (Å²) in [4.78, 5) is 28.9. The molecular formula is C26H29N3O6. The summed E-state index contributed by atoms with van der Waals surface area (Å²) in [5.41, 5.74) is 7.76. The zero-order chi connectivity index (χ0) is 25.1. The van der Waals surface area contributed by atoms with E-state index in [2.05, 4.69) is 10.3 Å². The van der Waals surface area contributed by atoms with E-state index in [1.54, 1.807) is 43.3 Å². The first-order valence-corrected chi connectivity index (χ1v) is 11.5. The van der Waals surface area contributed by atoms with E-state index in [1.165, 1.54) is 0 Å². The molecule has 0 saturated carbocycles. The minimum atomic E-state index is -1.14. The summed E-state index contributed by atoms with van der Waals surface area (Å²) in [6, 6.07) is 10.3. The summed E-state index contributed by atoms with van der Waals surface area (Å²) in [5.74, 6) is 0.602. The second kappa shape index (κ2) is 10.2. The molecule has 9 heteroatoms. The van der Waals surface area contributed by atoms with Crippen LogP contribution in [0.25, 0.3) is 10.9 Å². The fourth-order valence-electron chi connectivity index (χ4n) is 4.04. The molecule has 0 fully saturated rings. The Balaban J connectivity index is 1.47. The number of carboxylic acids is 1. The van der Waals surface area contributed by atoms with Crippen LogP contribution in [0.2, 0.25) is 0 Å². The number of aromatic carboxylic acids is 1. The van der Waals surface area contributed by atoms with Gasteiger partial charge in [0.15, 0.2) is 17.3 Å². The lowest BCUT2D eigenvalue weighted by molar-refractivity contribution is 0.0696. The summed E-state index contributed by atoms with van der Waals surface area (Å²) >= 11 is 0. The molecular weight excluding hydrogens is 450 g/mol. The minimum Gasteiger partial charge on any atom is -0.491 e. The first kappa shape index (κ1) is 24.3. The maximum Gasteiger partial charge on any atom is 0.339 e. The summed E-state index contributed by atoms with van der Waals surface area (Å²) in [6.07, 6.45) is 0. The average Bonchev–Trinajstić information content (AvgIpc) is 2.82. The number of benzene rings is 2. The highest BCUT2D eigenvalue weighted by molar-refractivity contribution is 6.06. The molecule has 0 radical (unpaired) electrons. The molecule has 9 nitrogen and oxygen atoms in total. The Labute approximate surface area is 203 Å². The Morgan fingerprint density at radius 2 is 1.91 bits per heavy atom. The monoisotopic (exact) mass is 479 g/mol. The van der Waals surface area contributed by atoms with Crippen LogP contribution in [0.4, 0.5) is 5.69 Å². The van der Waals surface area contributed by atoms with E-state index in [4.69, 9.17) is 19.9 Å². The number of nitrogens with one attached hydrogen (secondary N) is 1. The summed E-state index contributed by atoms with van der Waals surface area (Å²) < 4.78 is 17.2. The topological polar surface area (TPSA) is 133 Å². The number of ketones is 1. The van der Waals surface area contributed by atoms with Crippen molar-refractivity contribution in [2.45, 2.75) is 26.8 Å². The zero-order valence-corrected chi connectivity index (χ0v) is 20.0. The Morgan fingerprint density at radius 3 is 2.63 bits per heavy atom. The molecule has 4 N–H and O–H groups in total. The number of rotatable bonds is 9. The van der Waals surface area contributed by atoms with Gasteiger partial charge in [-0.2, -0.15) is 0 Å². The van der Waals surface area contributed by atoms with Crippen molar-refractivity contribution >= 4 is 28.3 Å². The van der Waals surface area contributed by atoms with E-state index in [0.717, 1.165) is 0 Å². The molecule has 1 aliphatic heterocycles. The lowest BCUT2D eigenvalue weighted by Gasteiger charge is -2.23. The maximum atomic E-state index is 12.8. The third kappa shape index (κ3) is 5.14. The number of aryl methyl sites for hydroxylation is 1. The molecule has 3 aromatic rings. The molecule has 184 valence electrons. The summed E-state index contributed by atoms with van der Waals surface area (Å²) in [5, 5.41) is 13.3. The highest BCUT2D eigenvalue weighted by atomic mass is 16.6. The number of aromatic nitrogens is 1. The Hall–Kier alpha value is -3.85. The molecule has 0 amide bonds. The van der Waals surface area contributed by atoms with Gasteiger partial charge in [-0.15, -0.1) is 0 Å². The number of fused-ring (bicyclic) bond motifs is 2. The van der Waals surface area contributed by atoms with Crippen LogP contribution in [0.3, 0.4) is 0 Å². The average molecular weight is 480 g/mol. The normalized spacial score (nSPS) is 13.6. The summed E-state index contributed by atoms with van der Waals surface area (Å²) in [7, 11) is 0. The number of Topliss-reactive ketones (excluding diaryl/α,β-unsaturated/α-hetero) is 1. The number of nitrogens with two attached hydrogens (primary N) is 1. The third-order valence-electron chi connectivity index (χ3n) is 6.02. The van der Waals surface area contributed by atoms with Crippen molar-refractivity contribution in [3.63, 3.8) is 0 Å². The minimum absolute atomic E-state index is 0.0305. The molecule has 0 bridgehead atoms. The molecule has 35 heavy (non-hydrogen) atoms. The second-order valence-electron chi connectivity index (χ2n) is 8.77. The molecule has 1 aliphatic rings. The van der Waals surface area contributed by atoms with E-state index in [0.29, 0.717) is 52.6 Å². The maximum absolute atomic E-state index is 12.8. The van der Waals surface area contributed by atoms with Crippen LogP contribution in [0, 0.1) is 12.8 Å². The van der Waals surface area contributed by atoms with Gasteiger partial charge in [0.1, 0.15) is 31.1 Å². The van der Waals surface area contributed by atoms with Crippen molar-refractivity contribution in [2.24, 2.45) is 5.92 Å². The van der Waals surface area contributed by atoms with Gasteiger partial charge in [0.05, 0.1) is 28.8 Å². The third-order valence-corrected chi connectivity index (χ3v) is 6.02. The van der Waals surface area contributed by atoms with Crippen molar-refractivity contribution < 1.29 is 28.9 Å². The molecule has 0 saturated heterocycles. The highest BCUT2D eigenvalue weighted by Gasteiger charge is 2.21. The zero-order valence-electron chi connectivity index (χ0n) is 20.0. The quantitative estimate of drug-likeness (QED) is 0.395. The van der Waals surface area contributed by atoms with Crippen LogP contribution >= 0.6 is 0 Å². The fraction of sp³-hybridized carbons (Fsp3) is 0.346. The fourth-order valence-corrected chi connectivity index (χ4v) is 4.04. The number of nitrogens with zero attached hydrogens (tertiary/aromatic N) is 1. The molecule has 0 spiro atoms. The van der Waals surface area contributed by atoms with Gasteiger partial charge in [-0.3, -0.25) is 9.78 Å². The Bertz CT molecular complexity index is 1270. The van der Waals surface area contributed by atoms with Crippen molar-refractivity contribution in [3.05, 3.63) is 53.2 Å². The van der Waals surface area contributed by atoms with Crippen molar-refractivity contribution in [1.82, 2.24) is 10.3 Å². The number of nitrogen functional groups attached to an aromatic ring is 1. The molecule has 4 rings (SSSR count). The lowest BCUT2D eigenvalue weighted by atomic mass is 10.0. The smallest absolute Gasteiger partial charge is 0.339 e. The van der Waals surface area contributed by atoms with Crippen molar-refractivity contribution in [2.75, 3.05) is 32.1 Å². The number of hydrogen-bond acceptors (Lipinski definition) is 8. The summed E-state index contributed by atoms with van der Waals surface area (Å²) in [6.45, 7) is 6.99. The second-order valence-corrected chi connectivity index (χ2v) is 8.77. The highest BCUT2D eigenvalue weighted by Crippen LogP contribution is 2.34. The van der Waals surface area contributed by atoms with Crippen molar-refractivity contribution in [3.8, 4) is 17.2 Å². The van der Waals surface area contributed by atoms with E-state index in [9.17, 15) is 14.7 Å². The van der Waals surface area contributed by atoms with Gasteiger partial charge < -0.3 is 30.4 Å². The number of carbonyl (C=O) groups is 2. The van der Waals surface area contributed by atoms with E-state index in [-0.39, 0.29) is 42.1 Å². The molecule has 2 heterocycles. The van der Waals surface area contributed by atoms with Crippen LogP contribution in [-0.4, -0.2) is 54.3 Å². The molecule has 0 aliphatic carbocycles. The van der Waals surface area contributed by atoms with Gasteiger partial charge in [-0.05, 0) is 43.2 Å². The number of carbonyl (C=O) groups excluding carboxylic acids is 1. The first-order valence-electron chi connectivity index (χ1n) is 11.5. The van der Waals surface area contributed by atoms with Crippen LogP contribution in [-0.2, 0) is 0 Å². The number of hydrogen-bond donors (Lipinski definition) is 3. The number of carboxylic acid groups (broad SMARTS) is 1. The SMILES string of the molecule is Cc1nc2cccc(OCC(NCC(=O)c3ccc4c(c3)OCCO4)C(C)C)c2c(N)c1C(=O)O. The van der Waals surface area contributed by atoms with Gasteiger partial charge in [0.2, 0.25) is 0 Å². The van der Waals surface area contributed by atoms with Crippen LogP contribution in [0.15, 0.2) is 36.4 Å². The first-order chi connectivity index (χ1) is 16.8. The molecule has 1 unspecified atom stereocenters. The number of anilines is 1. The van der Waals surface area contributed by atoms with E-state index in [1.807, 2.05) is 13.8 Å². The van der Waals surface area contributed by atoms with E-state index >= 15 is 0 Å². The van der Waals surface area contributed by atoms with Crippen LogP contribution < -0.4 is 25.3 Å². The molecule has 1 atom stereocenters. The Morgan fingerprint density at radius 1 is 1.17 bits per heavy atom. The van der Waals surface area contributed by atoms with Gasteiger partial charge in [-0.1, -0.05) is 19.9 Å². The van der Waals surface area contributed by atoms with Gasteiger partial charge in [0.25, 0.3) is 0 Å². The predicted molar refractivity (Wildman–Crippen MR) is 132 cm³/mol. The van der Waals surface area contributed by atoms with Crippen LogP contribution in [0.5, 0.6) is 17.2 Å². The standard InChI is InChI=1S/C26H29N3O6/c1-14(2)18(28-12-19(30)16-7-8-20-22(11-16)34-10-9-33-20)13-35-21-6-4-5-17-24(21)25(27)23(26(31)32)15(3)29-17/h4-8,11,14,18,28H,9-10,12-13H2,1-3H3,(H2,27,29)(H,31,32). The predicted octanol–water partition coefficient (Wildman–Crippen LogP) is 3.47. The molecule has 1 aromatic heterocycles. The number of ether oxygens (including phenoxy) is 3. The largest absolute Gasteiger partial charge is 0.491 e. The van der Waals surface area contributed by atoms with Crippen molar-refractivity contribution in [1.29, 1.82) is 0 Å². The van der Waals surface area contributed by atoms with Crippen LogP contribution in [0.1, 0.15) is 40.3 Å². The lowest BCUT2D eigenvalue weighted by Crippen LogP contribution is -2.41. The van der Waals surface area contributed by atoms with Gasteiger partial charge in [0, 0.05) is 11.6 Å².